The Balaban J connectivity index is 0.000000407. The van der Waals surface area contributed by atoms with Gasteiger partial charge in [-0.2, -0.15) is 0 Å². The molecule has 0 radical (unpaired) electrons. The average molecular weight is 1290 g/mol. The van der Waals surface area contributed by atoms with Gasteiger partial charge < -0.3 is 28.8 Å². The summed E-state index contributed by atoms with van der Waals surface area (Å²) in [4.78, 5) is 0. The van der Waals surface area contributed by atoms with Crippen molar-refractivity contribution in [1.29, 1.82) is 0 Å². The van der Waals surface area contributed by atoms with Gasteiger partial charge in [-0.1, -0.05) is 92.0 Å². The van der Waals surface area contributed by atoms with Crippen LogP contribution in [0.5, 0.6) is 0 Å². The van der Waals surface area contributed by atoms with Gasteiger partial charge in [0.2, 0.25) is 0 Å². The van der Waals surface area contributed by atoms with E-state index in [0.29, 0.717) is 0 Å². The van der Waals surface area contributed by atoms with Gasteiger partial charge in [0, 0.05) is 70.4 Å². The van der Waals surface area contributed by atoms with E-state index in [1.165, 1.54) is 28.3 Å². The molecular weight excluding hydrogens is 1170 g/mol. The number of rotatable bonds is 0. The SMILES string of the molecule is C[SiH]1C[SiH](C)C[SiH](C)C1.C[SiH]1C[SiH](C)C[SiH](C)C[SiH](C)C1.C[SiH]1C[SiH](C)O[SiH](C)C1.C[SiH]1C[SiH](C)O[SiH](C)C[SiH](C)O1.C[SiH]1C[SiH](C)O[SiH](C)O1.C[Si]1(C)C[Si](C)(C)O[Si](C)(C)C[Si](C)(C)O1. The van der Waals surface area contributed by atoms with Crippen LogP contribution in [0.2, 0.25) is 243 Å². The Morgan fingerprint density at radius 1 is 0.224 bits per heavy atom. The number of hydrogen-bond acceptors (Lipinski definition) is 7. The smallest absolute Gasteiger partial charge is 0.297 e. The molecule has 6 aliphatic heterocycles. The van der Waals surface area contributed by atoms with Crippen LogP contribution >= 0.6 is 0 Å². The second kappa shape index (κ2) is 33.5. The lowest BCUT2D eigenvalue weighted by Gasteiger charge is -2.46. The lowest BCUT2D eigenvalue weighted by Crippen LogP contribution is -2.59. The van der Waals surface area contributed by atoms with Crippen LogP contribution in [0.1, 0.15) is 0 Å². The first-order chi connectivity index (χ1) is 30.5. The van der Waals surface area contributed by atoms with Crippen molar-refractivity contribution in [2.24, 2.45) is 0 Å². The third-order valence-electron chi connectivity index (χ3n) is 14.1. The maximum Gasteiger partial charge on any atom is 0.297 e. The lowest BCUT2D eigenvalue weighted by atomic mass is 11.7. The van der Waals surface area contributed by atoms with Gasteiger partial charge in [-0.05, 0) is 151 Å². The lowest BCUT2D eigenvalue weighted by molar-refractivity contribution is 0.427. The predicted molar refractivity (Wildman–Crippen MR) is 366 cm³/mol. The minimum absolute atomic E-state index is 0.0868. The molecule has 28 heteroatoms. The van der Waals surface area contributed by atoms with E-state index in [0.717, 1.165) is 0 Å². The van der Waals surface area contributed by atoms with Crippen molar-refractivity contribution in [3.05, 3.63) is 0 Å². The van der Waals surface area contributed by atoms with E-state index >= 15 is 0 Å². The normalized spacial score (nSPS) is 41.8. The zero-order chi connectivity index (χ0) is 51.7. The molecule has 0 aromatic rings. The highest BCUT2D eigenvalue weighted by atomic mass is 28.5. The Hall–Kier alpha value is 4.27. The van der Waals surface area contributed by atoms with Crippen molar-refractivity contribution in [3.63, 3.8) is 0 Å². The molecule has 6 aliphatic rings. The molecule has 8 unspecified atom stereocenters. The van der Waals surface area contributed by atoms with E-state index in [-0.39, 0.29) is 70.4 Å². The summed E-state index contributed by atoms with van der Waals surface area (Å²) in [5.41, 5.74) is 22.2. The summed E-state index contributed by atoms with van der Waals surface area (Å²) < 4.78 is 42.6. The van der Waals surface area contributed by atoms with Gasteiger partial charge in [0.05, 0.1) is 0 Å². The van der Waals surface area contributed by atoms with Crippen LogP contribution in [-0.2, 0) is 28.8 Å². The second-order valence-corrected chi connectivity index (χ2v) is 105. The van der Waals surface area contributed by atoms with Crippen LogP contribution in [-0.4, -0.2) is 185 Å². The van der Waals surface area contributed by atoms with Gasteiger partial charge >= 0.3 is 0 Å². The zero-order valence-corrected chi connectivity index (χ0v) is 73.2. The largest absolute Gasteiger partial charge is 0.461 e. The molecular formula is C39H120O7Si21. The van der Waals surface area contributed by atoms with Crippen molar-refractivity contribution in [2.45, 2.75) is 243 Å². The Morgan fingerprint density at radius 2 is 0.388 bits per heavy atom. The van der Waals surface area contributed by atoms with Crippen molar-refractivity contribution in [2.75, 3.05) is 0 Å². The molecule has 0 aromatic heterocycles. The second-order valence-electron chi connectivity index (χ2n) is 27.0. The molecule has 0 N–H and O–H groups in total. The molecule has 0 saturated carbocycles. The van der Waals surface area contributed by atoms with Crippen LogP contribution in [0.3, 0.4) is 0 Å². The maximum absolute atomic E-state index is 6.60. The van der Waals surface area contributed by atoms with E-state index < -0.39 is 115 Å². The first kappa shape index (κ1) is 69.3. The van der Waals surface area contributed by atoms with Crippen molar-refractivity contribution < 1.29 is 28.8 Å². The zero-order valence-electron chi connectivity index (χ0n) is 49.6. The Bertz CT molecular complexity index is 1020. The Kier molecular flexibility index (Phi) is 34.7. The van der Waals surface area contributed by atoms with Crippen molar-refractivity contribution in [3.8, 4) is 0 Å². The average Bonchev–Trinajstić information content (AvgIpc) is 3.03. The molecule has 0 aliphatic carbocycles. The van der Waals surface area contributed by atoms with Crippen LogP contribution in [0.15, 0.2) is 0 Å². The van der Waals surface area contributed by atoms with Crippen molar-refractivity contribution in [1.82, 2.24) is 0 Å². The van der Waals surface area contributed by atoms with E-state index in [1.54, 1.807) is 51.0 Å². The topological polar surface area (TPSA) is 64.6 Å². The quantitative estimate of drug-likeness (QED) is 0.228. The fourth-order valence-corrected chi connectivity index (χ4v) is 152. The Labute approximate surface area is 452 Å². The molecule has 402 valence electrons. The molecule has 7 nitrogen and oxygen atoms in total. The molecule has 8 atom stereocenters. The first-order valence-electron chi connectivity index (χ1n) is 28.2. The van der Waals surface area contributed by atoms with E-state index in [4.69, 9.17) is 28.8 Å². The standard InChI is InChI=1S/C10H28O2Si4.C8H24Si4.C6H20O2Si4.C6H18Si3.C5H16OSi3.C4H14O2Si3/c1-13(2)9-14(3,4)12-16(7,8)10-15(5,6)11-13;1-9-5-10(2)7-12(4)8-11(3)6-9;1-9-5-10(2)8-12(4)6-11(3)7-9;3*1-7-4-8(2)6-9(3)5-7/h9-10H2,1-8H3;9-12H,5-8H2,1-4H3;9-12H,5-6H2,1-4H3;7-9H,4-6H2,1-3H3;7-9H,4-5H2,1-3H3;7-9H,4H2,1-3H3. The first-order valence-corrected chi connectivity index (χ1v) is 84.6. The summed E-state index contributed by atoms with van der Waals surface area (Å²) in [5.74, 6) is 0. The monoisotopic (exact) mass is 1290 g/mol. The third kappa shape index (κ3) is 35.3. The van der Waals surface area contributed by atoms with Gasteiger partial charge in [-0.3, -0.25) is 0 Å². The summed E-state index contributed by atoms with van der Waals surface area (Å²) in [7, 11) is -13.9. The molecule has 0 aromatic carbocycles. The van der Waals surface area contributed by atoms with E-state index in [9.17, 15) is 0 Å². The molecule has 6 heterocycles. The predicted octanol–water partition coefficient (Wildman–Crippen LogP) is 8.02. The third-order valence-corrected chi connectivity index (χ3v) is 127. The minimum atomic E-state index is -1.49. The highest BCUT2D eigenvalue weighted by Crippen LogP contribution is 2.35. The van der Waals surface area contributed by atoms with Crippen molar-refractivity contribution >= 4 is 185 Å². The fourth-order valence-electron chi connectivity index (χ4n) is 14.1. The molecule has 6 rings (SSSR count). The van der Waals surface area contributed by atoms with Gasteiger partial charge in [0.25, 0.3) is 9.28 Å². The van der Waals surface area contributed by atoms with Gasteiger partial charge in [-0.25, -0.2) is 0 Å². The molecule has 6 fully saturated rings. The molecule has 0 spiro atoms. The minimum Gasteiger partial charge on any atom is -0.461 e. The van der Waals surface area contributed by atoms with Crippen LogP contribution in [0.4, 0.5) is 0 Å². The van der Waals surface area contributed by atoms with Gasteiger partial charge in [0.1, 0.15) is 0 Å². The van der Waals surface area contributed by atoms with Gasteiger partial charge in [0.15, 0.2) is 106 Å². The van der Waals surface area contributed by atoms with Crippen LogP contribution < -0.4 is 0 Å². The Morgan fingerprint density at radius 3 is 0.567 bits per heavy atom. The molecule has 0 bridgehead atoms. The summed E-state index contributed by atoms with van der Waals surface area (Å²) >= 11 is 0. The van der Waals surface area contributed by atoms with Crippen LogP contribution in [0, 0.1) is 0 Å². The summed E-state index contributed by atoms with van der Waals surface area (Å²) in [5, 5.41) is 0. The summed E-state index contributed by atoms with van der Waals surface area (Å²) in [6.45, 7) is 60.7. The molecule has 0 amide bonds. The highest BCUT2D eigenvalue weighted by molar-refractivity contribution is 7.03. The fraction of sp³-hybridized carbons (Fsp3) is 1.00. The summed E-state index contributed by atoms with van der Waals surface area (Å²) in [6, 6.07) is 0. The highest BCUT2D eigenvalue weighted by Gasteiger charge is 2.48. The van der Waals surface area contributed by atoms with Gasteiger partial charge in [-0.15, -0.1) is 0 Å². The summed E-state index contributed by atoms with van der Waals surface area (Å²) in [6.07, 6.45) is 0. The maximum atomic E-state index is 6.60. The van der Waals surface area contributed by atoms with Crippen LogP contribution in [0.25, 0.3) is 0 Å². The molecule has 67 heavy (non-hydrogen) atoms. The van der Waals surface area contributed by atoms with E-state index in [1.807, 2.05) is 0 Å². The van der Waals surface area contributed by atoms with E-state index in [2.05, 4.69) is 164 Å². The number of hydrogen-bond donors (Lipinski definition) is 0. The molecule has 6 saturated heterocycles.